The number of hydrogen-bond acceptors (Lipinski definition) is 2. The highest BCUT2D eigenvalue weighted by Gasteiger charge is 2.31. The Morgan fingerprint density at radius 3 is 2.76 bits per heavy atom. The number of nitrogens with zero attached hydrogens (tertiary/aromatic N) is 3. The first-order valence-corrected chi connectivity index (χ1v) is 6.34. The Balaban J connectivity index is 2.62. The lowest BCUT2D eigenvalue weighted by Gasteiger charge is -2.40. The van der Waals surface area contributed by atoms with E-state index in [1.165, 1.54) is 4.90 Å². The molecule has 96 valence electrons. The maximum absolute atomic E-state index is 12.1. The van der Waals surface area contributed by atoms with Crippen LogP contribution in [0.3, 0.4) is 0 Å². The number of urea groups is 1. The summed E-state index contributed by atoms with van der Waals surface area (Å²) in [6.07, 6.45) is 1.06. The van der Waals surface area contributed by atoms with Crippen LogP contribution in [0.5, 0.6) is 0 Å². The minimum atomic E-state index is -0.0101. The van der Waals surface area contributed by atoms with Crippen LogP contribution < -0.4 is 0 Å². The molecule has 0 aromatic carbocycles. The van der Waals surface area contributed by atoms with Crippen LogP contribution in [0, 0.1) is 29.1 Å². The second kappa shape index (κ2) is 5.90. The zero-order valence-electron chi connectivity index (χ0n) is 11.3. The van der Waals surface area contributed by atoms with Gasteiger partial charge in [-0.15, -0.1) is 0 Å². The SMILES string of the molecule is CC(C)[C@H]1CN(C(=O)N(C)CC#N)CC[C@H]1C. The third-order valence-corrected chi connectivity index (χ3v) is 3.78. The van der Waals surface area contributed by atoms with E-state index in [4.69, 9.17) is 5.26 Å². The normalized spacial score (nSPS) is 24.6. The molecule has 0 saturated carbocycles. The van der Waals surface area contributed by atoms with Gasteiger partial charge in [-0.05, 0) is 24.2 Å². The smallest absolute Gasteiger partial charge is 0.320 e. The fourth-order valence-corrected chi connectivity index (χ4v) is 2.56. The fraction of sp³-hybridized carbons (Fsp3) is 0.846. The third kappa shape index (κ3) is 3.36. The zero-order chi connectivity index (χ0) is 13.0. The van der Waals surface area contributed by atoms with Crippen LogP contribution in [0.15, 0.2) is 0 Å². The van der Waals surface area contributed by atoms with Gasteiger partial charge in [0.15, 0.2) is 0 Å². The highest BCUT2D eigenvalue weighted by molar-refractivity contribution is 5.74. The fourth-order valence-electron chi connectivity index (χ4n) is 2.56. The number of amides is 2. The van der Waals surface area contributed by atoms with Crippen LogP contribution in [-0.2, 0) is 0 Å². The molecule has 1 aliphatic rings. The van der Waals surface area contributed by atoms with Crippen molar-refractivity contribution in [2.75, 3.05) is 26.7 Å². The number of nitriles is 1. The summed E-state index contributed by atoms with van der Waals surface area (Å²) in [6, 6.07) is 2.00. The van der Waals surface area contributed by atoms with E-state index in [2.05, 4.69) is 20.8 Å². The number of carbonyl (C=O) groups is 1. The van der Waals surface area contributed by atoms with Crippen LogP contribution in [-0.4, -0.2) is 42.5 Å². The summed E-state index contributed by atoms with van der Waals surface area (Å²) in [5.74, 6) is 1.85. The zero-order valence-corrected chi connectivity index (χ0v) is 11.3. The monoisotopic (exact) mass is 237 g/mol. The van der Waals surface area contributed by atoms with Gasteiger partial charge < -0.3 is 9.80 Å². The third-order valence-electron chi connectivity index (χ3n) is 3.78. The molecule has 2 amide bonds. The summed E-state index contributed by atoms with van der Waals surface area (Å²) in [6.45, 7) is 8.51. The van der Waals surface area contributed by atoms with Gasteiger partial charge in [-0.25, -0.2) is 4.79 Å². The van der Waals surface area contributed by atoms with E-state index < -0.39 is 0 Å². The molecule has 4 nitrogen and oxygen atoms in total. The topological polar surface area (TPSA) is 47.3 Å². The summed E-state index contributed by atoms with van der Waals surface area (Å²) >= 11 is 0. The first-order chi connectivity index (χ1) is 7.97. The molecule has 1 rings (SSSR count). The van der Waals surface area contributed by atoms with Gasteiger partial charge in [-0.1, -0.05) is 20.8 Å². The van der Waals surface area contributed by atoms with E-state index in [1.807, 2.05) is 11.0 Å². The van der Waals surface area contributed by atoms with Crippen molar-refractivity contribution in [1.82, 2.24) is 9.80 Å². The van der Waals surface area contributed by atoms with Gasteiger partial charge in [0.2, 0.25) is 0 Å². The van der Waals surface area contributed by atoms with Gasteiger partial charge in [0.1, 0.15) is 6.54 Å². The van der Waals surface area contributed by atoms with Crippen LogP contribution in [0.25, 0.3) is 0 Å². The summed E-state index contributed by atoms with van der Waals surface area (Å²) in [5.41, 5.74) is 0. The molecule has 1 fully saturated rings. The van der Waals surface area contributed by atoms with Crippen LogP contribution in [0.4, 0.5) is 4.79 Å². The quantitative estimate of drug-likeness (QED) is 0.691. The van der Waals surface area contributed by atoms with Crippen LogP contribution in [0.2, 0.25) is 0 Å². The number of piperidine rings is 1. The summed E-state index contributed by atoms with van der Waals surface area (Å²) in [5, 5.41) is 8.60. The Bertz CT molecular complexity index is 308. The lowest BCUT2D eigenvalue weighted by Crippen LogP contribution is -2.49. The lowest BCUT2D eigenvalue weighted by atomic mass is 9.80. The van der Waals surface area contributed by atoms with Crippen molar-refractivity contribution in [2.45, 2.75) is 27.2 Å². The first-order valence-electron chi connectivity index (χ1n) is 6.34. The first kappa shape index (κ1) is 13.8. The van der Waals surface area contributed by atoms with E-state index >= 15 is 0 Å². The second-order valence-electron chi connectivity index (χ2n) is 5.42. The molecule has 1 saturated heterocycles. The molecule has 1 aliphatic heterocycles. The standard InChI is InChI=1S/C13H23N3O/c1-10(2)12-9-16(7-5-11(12)3)13(17)15(4)8-6-14/h10-12H,5,7-9H2,1-4H3/t11-,12-/m1/s1. The molecule has 0 aliphatic carbocycles. The van der Waals surface area contributed by atoms with E-state index in [1.54, 1.807) is 7.05 Å². The maximum Gasteiger partial charge on any atom is 0.320 e. The average Bonchev–Trinajstić information content (AvgIpc) is 2.28. The maximum atomic E-state index is 12.1. The number of hydrogen-bond donors (Lipinski definition) is 0. The van der Waals surface area contributed by atoms with Gasteiger partial charge in [0, 0.05) is 20.1 Å². The number of likely N-dealkylation sites (tertiary alicyclic amines) is 1. The summed E-state index contributed by atoms with van der Waals surface area (Å²) in [7, 11) is 1.69. The van der Waals surface area contributed by atoms with E-state index in [0.717, 1.165) is 19.5 Å². The largest absolute Gasteiger partial charge is 0.324 e. The molecule has 0 radical (unpaired) electrons. The van der Waals surface area contributed by atoms with Crippen LogP contribution in [0.1, 0.15) is 27.2 Å². The van der Waals surface area contributed by atoms with Gasteiger partial charge in [-0.2, -0.15) is 5.26 Å². The minimum Gasteiger partial charge on any atom is -0.324 e. The molecule has 0 spiro atoms. The highest BCUT2D eigenvalue weighted by Crippen LogP contribution is 2.29. The average molecular weight is 237 g/mol. The molecule has 0 bridgehead atoms. The summed E-state index contributed by atoms with van der Waals surface area (Å²) in [4.78, 5) is 15.4. The van der Waals surface area contributed by atoms with E-state index in [0.29, 0.717) is 17.8 Å². The molecule has 0 aromatic rings. The van der Waals surface area contributed by atoms with Gasteiger partial charge in [-0.3, -0.25) is 0 Å². The van der Waals surface area contributed by atoms with Crippen molar-refractivity contribution in [2.24, 2.45) is 17.8 Å². The van der Waals surface area contributed by atoms with Gasteiger partial charge >= 0.3 is 6.03 Å². The second-order valence-corrected chi connectivity index (χ2v) is 5.42. The van der Waals surface area contributed by atoms with Crippen molar-refractivity contribution < 1.29 is 4.79 Å². The number of rotatable bonds is 2. The number of carbonyl (C=O) groups excluding carboxylic acids is 1. The minimum absolute atomic E-state index is 0.0101. The van der Waals surface area contributed by atoms with Crippen molar-refractivity contribution in [1.29, 1.82) is 5.26 Å². The molecule has 0 unspecified atom stereocenters. The van der Waals surface area contributed by atoms with E-state index in [-0.39, 0.29) is 12.6 Å². The Morgan fingerprint density at radius 1 is 1.59 bits per heavy atom. The molecule has 0 N–H and O–H groups in total. The molecule has 2 atom stereocenters. The van der Waals surface area contributed by atoms with E-state index in [9.17, 15) is 4.79 Å². The Hall–Kier alpha value is -1.24. The van der Waals surface area contributed by atoms with Gasteiger partial charge in [0.05, 0.1) is 6.07 Å². The van der Waals surface area contributed by atoms with Crippen molar-refractivity contribution in [3.05, 3.63) is 0 Å². The molecular formula is C13H23N3O. The molecule has 4 heteroatoms. The molecule has 17 heavy (non-hydrogen) atoms. The van der Waals surface area contributed by atoms with Gasteiger partial charge in [0.25, 0.3) is 0 Å². The molecular weight excluding hydrogens is 214 g/mol. The predicted molar refractivity (Wildman–Crippen MR) is 67.3 cm³/mol. The highest BCUT2D eigenvalue weighted by atomic mass is 16.2. The van der Waals surface area contributed by atoms with Crippen molar-refractivity contribution >= 4 is 6.03 Å². The van der Waals surface area contributed by atoms with Crippen LogP contribution >= 0.6 is 0 Å². The van der Waals surface area contributed by atoms with Crippen molar-refractivity contribution in [3.63, 3.8) is 0 Å². The molecule has 1 heterocycles. The Labute approximate surface area is 104 Å². The molecule has 0 aromatic heterocycles. The summed E-state index contributed by atoms with van der Waals surface area (Å²) < 4.78 is 0. The predicted octanol–water partition coefficient (Wildman–Crippen LogP) is 2.18. The van der Waals surface area contributed by atoms with Crippen molar-refractivity contribution in [3.8, 4) is 6.07 Å². The Kier molecular flexibility index (Phi) is 4.80. The lowest BCUT2D eigenvalue weighted by molar-refractivity contribution is 0.0976. The Morgan fingerprint density at radius 2 is 2.24 bits per heavy atom.